The van der Waals surface area contributed by atoms with Gasteiger partial charge >= 0.3 is 0 Å². The minimum Gasteiger partial charge on any atom is -0.343 e. The third-order valence-corrected chi connectivity index (χ3v) is 3.21. The van der Waals surface area contributed by atoms with Crippen LogP contribution in [0.15, 0.2) is 0 Å². The van der Waals surface area contributed by atoms with Gasteiger partial charge in [0.1, 0.15) is 6.10 Å². The van der Waals surface area contributed by atoms with E-state index < -0.39 is 24.4 Å². The fraction of sp³-hybridized carbons (Fsp3) is 1.00. The normalized spacial score (nSPS) is 45.4. The third kappa shape index (κ3) is 1.90. The molecule has 2 fully saturated rings. The van der Waals surface area contributed by atoms with Gasteiger partial charge in [0.2, 0.25) is 0 Å². The molecule has 0 aromatic rings. The van der Waals surface area contributed by atoms with Crippen LogP contribution in [0.1, 0.15) is 34.1 Å². The largest absolute Gasteiger partial charge is 0.343 e. The molecule has 2 rings (SSSR count). The summed E-state index contributed by atoms with van der Waals surface area (Å²) in [4.78, 5) is 0. The molecule has 0 unspecified atom stereocenters. The second-order valence-electron chi connectivity index (χ2n) is 4.90. The Hall–Kier alpha value is -0.190. The lowest BCUT2D eigenvalue weighted by molar-refractivity contribution is -0.215. The molecule has 0 radical (unpaired) electrons. The summed E-state index contributed by atoms with van der Waals surface area (Å²) in [5.74, 6) is -0.527. The van der Waals surface area contributed by atoms with Crippen molar-refractivity contribution in [1.29, 1.82) is 0 Å². The Labute approximate surface area is 89.9 Å². The minimum atomic E-state index is -1.08. The predicted molar refractivity (Wildman–Crippen MR) is 53.0 cm³/mol. The van der Waals surface area contributed by atoms with Crippen molar-refractivity contribution in [2.75, 3.05) is 0 Å². The molecule has 0 bridgehead atoms. The fourth-order valence-electron chi connectivity index (χ4n) is 2.18. The van der Waals surface area contributed by atoms with Gasteiger partial charge in [0, 0.05) is 0 Å². The van der Waals surface area contributed by atoms with E-state index in [2.05, 4.69) is 0 Å². The molecule has 2 heterocycles. The van der Waals surface area contributed by atoms with Gasteiger partial charge in [-0.25, -0.2) is 4.39 Å². The lowest BCUT2D eigenvalue weighted by atomic mass is 9.97. The van der Waals surface area contributed by atoms with Crippen LogP contribution in [0.2, 0.25) is 0 Å². The average molecular weight is 218 g/mol. The molecule has 2 aliphatic heterocycles. The van der Waals surface area contributed by atoms with Crippen molar-refractivity contribution in [3.05, 3.63) is 0 Å². The Morgan fingerprint density at radius 3 is 2.53 bits per heavy atom. The Kier molecular flexibility index (Phi) is 2.77. The first-order chi connectivity index (χ1) is 6.94. The van der Waals surface area contributed by atoms with Crippen LogP contribution in [0.4, 0.5) is 4.39 Å². The maximum atomic E-state index is 14.0. The molecular formula is C11H19FO3. The van der Waals surface area contributed by atoms with Gasteiger partial charge in [-0.05, 0) is 19.8 Å². The van der Waals surface area contributed by atoms with E-state index in [1.807, 2.05) is 13.8 Å². The highest BCUT2D eigenvalue weighted by Gasteiger charge is 2.56. The minimum absolute atomic E-state index is 0.195. The van der Waals surface area contributed by atoms with E-state index in [1.165, 1.54) is 0 Å². The molecule has 0 saturated carbocycles. The van der Waals surface area contributed by atoms with Crippen molar-refractivity contribution >= 4 is 0 Å². The molecule has 3 nitrogen and oxygen atoms in total. The highest BCUT2D eigenvalue weighted by molar-refractivity contribution is 4.94. The van der Waals surface area contributed by atoms with Crippen molar-refractivity contribution in [3.8, 4) is 0 Å². The van der Waals surface area contributed by atoms with Crippen LogP contribution in [0.3, 0.4) is 0 Å². The van der Waals surface area contributed by atoms with Crippen molar-refractivity contribution in [2.45, 2.75) is 64.6 Å². The summed E-state index contributed by atoms with van der Waals surface area (Å²) < 4.78 is 30.5. The number of halogens is 1. The van der Waals surface area contributed by atoms with Gasteiger partial charge in [0.05, 0.1) is 6.10 Å². The number of fused-ring (bicyclic) bond motifs is 1. The van der Waals surface area contributed by atoms with Crippen LogP contribution in [-0.4, -0.2) is 30.5 Å². The lowest BCUT2D eigenvalue weighted by Crippen LogP contribution is -2.34. The zero-order valence-electron chi connectivity index (χ0n) is 9.70. The molecule has 2 saturated heterocycles. The van der Waals surface area contributed by atoms with Gasteiger partial charge in [-0.3, -0.25) is 0 Å². The summed E-state index contributed by atoms with van der Waals surface area (Å²) in [6.07, 6.45) is -1.66. The van der Waals surface area contributed by atoms with E-state index in [4.69, 9.17) is 14.2 Å². The first kappa shape index (κ1) is 11.3. The quantitative estimate of drug-likeness (QED) is 0.711. The van der Waals surface area contributed by atoms with E-state index in [0.717, 1.165) is 6.42 Å². The molecular weight excluding hydrogens is 199 g/mol. The highest BCUT2D eigenvalue weighted by atomic mass is 19.1. The van der Waals surface area contributed by atoms with Crippen LogP contribution in [0.5, 0.6) is 0 Å². The number of ether oxygens (including phenoxy) is 3. The maximum absolute atomic E-state index is 14.0. The maximum Gasteiger partial charge on any atom is 0.190 e. The van der Waals surface area contributed by atoms with Gasteiger partial charge in [-0.1, -0.05) is 20.3 Å². The Bertz CT molecular complexity index is 244. The molecule has 0 N–H and O–H groups in total. The molecule has 0 amide bonds. The first-order valence-electron chi connectivity index (χ1n) is 5.60. The molecule has 0 spiro atoms. The number of hydrogen-bond acceptors (Lipinski definition) is 3. The van der Waals surface area contributed by atoms with Crippen LogP contribution < -0.4 is 0 Å². The fourth-order valence-corrected chi connectivity index (χ4v) is 2.18. The number of alkyl halides is 1. The standard InChI is InChI=1S/C11H19FO3/c1-5-6(2)8-7(12)9-10(13-8)15-11(3,4)14-9/h6-10H,5H2,1-4H3/t6-,7+,8+,9-,10-/m1/s1. The molecule has 0 aliphatic carbocycles. The smallest absolute Gasteiger partial charge is 0.190 e. The molecule has 0 aromatic carbocycles. The Balaban J connectivity index is 2.05. The number of rotatable bonds is 2. The van der Waals surface area contributed by atoms with Crippen molar-refractivity contribution < 1.29 is 18.6 Å². The number of hydrogen-bond donors (Lipinski definition) is 0. The zero-order chi connectivity index (χ0) is 11.2. The van der Waals surface area contributed by atoms with Gasteiger partial charge in [0.15, 0.2) is 18.2 Å². The van der Waals surface area contributed by atoms with E-state index >= 15 is 0 Å². The molecule has 15 heavy (non-hydrogen) atoms. The van der Waals surface area contributed by atoms with E-state index in [0.29, 0.717) is 0 Å². The Morgan fingerprint density at radius 1 is 1.33 bits per heavy atom. The van der Waals surface area contributed by atoms with Crippen molar-refractivity contribution in [3.63, 3.8) is 0 Å². The van der Waals surface area contributed by atoms with Crippen LogP contribution in [0, 0.1) is 5.92 Å². The molecule has 0 aromatic heterocycles. The monoisotopic (exact) mass is 218 g/mol. The first-order valence-corrected chi connectivity index (χ1v) is 5.60. The van der Waals surface area contributed by atoms with E-state index in [-0.39, 0.29) is 12.0 Å². The molecule has 5 atom stereocenters. The summed E-state index contributed by atoms with van der Waals surface area (Å²) in [6, 6.07) is 0. The lowest BCUT2D eigenvalue weighted by Gasteiger charge is -2.24. The SMILES string of the molecule is CC[C@@H](C)[C@@H]1O[C@@H]2OC(C)(C)O[C@@H]2[C@H]1F. The molecule has 2 aliphatic rings. The van der Waals surface area contributed by atoms with E-state index in [9.17, 15) is 4.39 Å². The van der Waals surface area contributed by atoms with Crippen LogP contribution >= 0.6 is 0 Å². The van der Waals surface area contributed by atoms with Gasteiger partial charge in [0.25, 0.3) is 0 Å². The van der Waals surface area contributed by atoms with E-state index in [1.54, 1.807) is 13.8 Å². The van der Waals surface area contributed by atoms with Gasteiger partial charge < -0.3 is 14.2 Å². The average Bonchev–Trinajstić information content (AvgIpc) is 2.60. The summed E-state index contributed by atoms with van der Waals surface area (Å²) in [5, 5.41) is 0. The summed E-state index contributed by atoms with van der Waals surface area (Å²) >= 11 is 0. The zero-order valence-corrected chi connectivity index (χ0v) is 9.70. The van der Waals surface area contributed by atoms with Crippen LogP contribution in [-0.2, 0) is 14.2 Å². The summed E-state index contributed by atoms with van der Waals surface area (Å²) in [6.45, 7) is 7.57. The van der Waals surface area contributed by atoms with Crippen molar-refractivity contribution in [1.82, 2.24) is 0 Å². The summed E-state index contributed by atoms with van der Waals surface area (Å²) in [5.41, 5.74) is 0. The van der Waals surface area contributed by atoms with Crippen LogP contribution in [0.25, 0.3) is 0 Å². The third-order valence-electron chi connectivity index (χ3n) is 3.21. The molecule has 88 valence electrons. The summed E-state index contributed by atoms with van der Waals surface area (Å²) in [7, 11) is 0. The predicted octanol–water partition coefficient (Wildman–Crippen LogP) is 2.25. The van der Waals surface area contributed by atoms with Gasteiger partial charge in [-0.2, -0.15) is 0 Å². The van der Waals surface area contributed by atoms with Crippen molar-refractivity contribution in [2.24, 2.45) is 5.92 Å². The molecule has 4 heteroatoms. The van der Waals surface area contributed by atoms with Gasteiger partial charge in [-0.15, -0.1) is 0 Å². The second-order valence-corrected chi connectivity index (χ2v) is 4.90. The second kappa shape index (κ2) is 3.68. The highest BCUT2D eigenvalue weighted by Crippen LogP contribution is 2.41. The topological polar surface area (TPSA) is 27.7 Å². The Morgan fingerprint density at radius 2 is 2.00 bits per heavy atom.